The molecule has 1 aliphatic rings. The first-order valence-corrected chi connectivity index (χ1v) is 6.90. The van der Waals surface area contributed by atoms with Crippen LogP contribution in [0.5, 0.6) is 0 Å². The normalized spacial score (nSPS) is 17.8. The second-order valence-corrected chi connectivity index (χ2v) is 4.47. The molecule has 0 radical (unpaired) electrons. The summed E-state index contributed by atoms with van der Waals surface area (Å²) < 4.78 is 0. The van der Waals surface area contributed by atoms with Crippen molar-refractivity contribution in [3.63, 3.8) is 0 Å². The summed E-state index contributed by atoms with van der Waals surface area (Å²) in [7, 11) is 0. The minimum absolute atomic E-state index is 0.00875. The van der Waals surface area contributed by atoms with Gasteiger partial charge in [0.1, 0.15) is 0 Å². The van der Waals surface area contributed by atoms with E-state index >= 15 is 0 Å². The molecule has 0 N–H and O–H groups in total. The van der Waals surface area contributed by atoms with Gasteiger partial charge in [-0.25, -0.2) is 0 Å². The zero-order valence-electron chi connectivity index (χ0n) is 11.6. The molecule has 1 saturated carbocycles. The van der Waals surface area contributed by atoms with Gasteiger partial charge in [0.05, 0.1) is 11.5 Å². The maximum Gasteiger partial charge on any atom is 0.0703 e. The number of nitriles is 1. The standard InChI is InChI=1S/C12H22N2.C2H6/c1-3-9-14(4-2)11-12(10-13)7-5-6-8-12;1-2/h3-9,11H2,1-2H3;1-2H3. The van der Waals surface area contributed by atoms with Gasteiger partial charge < -0.3 is 4.90 Å². The average molecular weight is 224 g/mol. The molecule has 0 unspecified atom stereocenters. The summed E-state index contributed by atoms with van der Waals surface area (Å²) in [5, 5.41) is 9.25. The number of nitrogens with zero attached hydrogens (tertiary/aromatic N) is 2. The maximum absolute atomic E-state index is 9.25. The van der Waals surface area contributed by atoms with Crippen molar-refractivity contribution in [3.8, 4) is 6.07 Å². The Labute approximate surface area is 102 Å². The molecule has 1 rings (SSSR count). The molecule has 16 heavy (non-hydrogen) atoms. The van der Waals surface area contributed by atoms with Gasteiger partial charge >= 0.3 is 0 Å². The zero-order valence-corrected chi connectivity index (χ0v) is 11.6. The molecular formula is C14H28N2. The second kappa shape index (κ2) is 8.58. The molecule has 0 saturated heterocycles. The summed E-state index contributed by atoms with van der Waals surface area (Å²) in [6, 6.07) is 2.56. The largest absolute Gasteiger partial charge is 0.302 e. The van der Waals surface area contributed by atoms with Gasteiger partial charge in [0.25, 0.3) is 0 Å². The molecule has 94 valence electrons. The van der Waals surface area contributed by atoms with E-state index in [1.807, 2.05) is 13.8 Å². The van der Waals surface area contributed by atoms with Crippen molar-refractivity contribution in [1.82, 2.24) is 4.90 Å². The van der Waals surface area contributed by atoms with Crippen LogP contribution in [0.2, 0.25) is 0 Å². The predicted octanol–water partition coefficient (Wildman–Crippen LogP) is 3.83. The van der Waals surface area contributed by atoms with Crippen LogP contribution in [-0.4, -0.2) is 24.5 Å². The zero-order chi connectivity index (χ0) is 12.4. The van der Waals surface area contributed by atoms with Crippen molar-refractivity contribution in [1.29, 1.82) is 5.26 Å². The molecule has 0 bridgehead atoms. The molecule has 2 nitrogen and oxygen atoms in total. The van der Waals surface area contributed by atoms with Crippen LogP contribution >= 0.6 is 0 Å². The summed E-state index contributed by atoms with van der Waals surface area (Å²) in [6.07, 6.45) is 5.91. The number of rotatable bonds is 5. The molecular weight excluding hydrogens is 196 g/mol. The van der Waals surface area contributed by atoms with Crippen LogP contribution in [0.3, 0.4) is 0 Å². The van der Waals surface area contributed by atoms with Gasteiger partial charge in [0.15, 0.2) is 0 Å². The highest BCUT2D eigenvalue weighted by atomic mass is 15.1. The van der Waals surface area contributed by atoms with Crippen LogP contribution in [-0.2, 0) is 0 Å². The van der Waals surface area contributed by atoms with E-state index in [2.05, 4.69) is 24.8 Å². The molecule has 2 heteroatoms. The summed E-state index contributed by atoms with van der Waals surface area (Å²) in [5.41, 5.74) is -0.00875. The third kappa shape index (κ3) is 4.53. The fourth-order valence-electron chi connectivity index (χ4n) is 2.45. The third-order valence-electron chi connectivity index (χ3n) is 3.31. The Morgan fingerprint density at radius 3 is 2.12 bits per heavy atom. The topological polar surface area (TPSA) is 27.0 Å². The van der Waals surface area contributed by atoms with Crippen LogP contribution in [0.15, 0.2) is 0 Å². The Bertz CT molecular complexity index is 199. The highest BCUT2D eigenvalue weighted by molar-refractivity contribution is 5.03. The van der Waals surface area contributed by atoms with E-state index in [0.717, 1.165) is 32.5 Å². The van der Waals surface area contributed by atoms with E-state index in [4.69, 9.17) is 0 Å². The van der Waals surface area contributed by atoms with Gasteiger partial charge in [0.2, 0.25) is 0 Å². The molecule has 0 atom stereocenters. The summed E-state index contributed by atoms with van der Waals surface area (Å²) in [5.74, 6) is 0. The first-order valence-electron chi connectivity index (χ1n) is 6.90. The SMILES string of the molecule is CC.CCCN(CC)CC1(C#N)CCCC1. The Morgan fingerprint density at radius 2 is 1.75 bits per heavy atom. The first-order chi connectivity index (χ1) is 7.76. The molecule has 1 fully saturated rings. The lowest BCUT2D eigenvalue weighted by Gasteiger charge is -2.29. The first kappa shape index (κ1) is 15.4. The molecule has 0 heterocycles. The minimum atomic E-state index is -0.00875. The monoisotopic (exact) mass is 224 g/mol. The number of hydrogen-bond acceptors (Lipinski definition) is 2. The van der Waals surface area contributed by atoms with Crippen molar-refractivity contribution < 1.29 is 0 Å². The Hall–Kier alpha value is -0.550. The minimum Gasteiger partial charge on any atom is -0.302 e. The van der Waals surface area contributed by atoms with E-state index < -0.39 is 0 Å². The maximum atomic E-state index is 9.25. The quantitative estimate of drug-likeness (QED) is 0.709. The van der Waals surface area contributed by atoms with Crippen molar-refractivity contribution in [3.05, 3.63) is 0 Å². The van der Waals surface area contributed by atoms with Gasteiger partial charge in [-0.2, -0.15) is 5.26 Å². The van der Waals surface area contributed by atoms with Crippen molar-refractivity contribution in [2.45, 2.75) is 59.8 Å². The van der Waals surface area contributed by atoms with Crippen LogP contribution in [0.25, 0.3) is 0 Å². The molecule has 0 aromatic carbocycles. The van der Waals surface area contributed by atoms with Gasteiger partial charge in [-0.05, 0) is 32.4 Å². The van der Waals surface area contributed by atoms with Crippen LogP contribution < -0.4 is 0 Å². The molecule has 0 amide bonds. The smallest absolute Gasteiger partial charge is 0.0703 e. The summed E-state index contributed by atoms with van der Waals surface area (Å²) in [6.45, 7) is 11.6. The highest BCUT2D eigenvalue weighted by Crippen LogP contribution is 2.38. The average Bonchev–Trinajstić information content (AvgIpc) is 2.80. The summed E-state index contributed by atoms with van der Waals surface area (Å²) >= 11 is 0. The van der Waals surface area contributed by atoms with Gasteiger partial charge in [0, 0.05) is 6.54 Å². The van der Waals surface area contributed by atoms with E-state index in [1.54, 1.807) is 0 Å². The Kier molecular flexibility index (Phi) is 8.29. The van der Waals surface area contributed by atoms with E-state index in [0.29, 0.717) is 0 Å². The van der Waals surface area contributed by atoms with Crippen LogP contribution in [0, 0.1) is 16.7 Å². The van der Waals surface area contributed by atoms with Crippen molar-refractivity contribution >= 4 is 0 Å². The van der Waals surface area contributed by atoms with E-state index in [1.165, 1.54) is 19.3 Å². The van der Waals surface area contributed by atoms with Crippen molar-refractivity contribution in [2.24, 2.45) is 5.41 Å². The van der Waals surface area contributed by atoms with Gasteiger partial charge in [-0.3, -0.25) is 0 Å². The van der Waals surface area contributed by atoms with E-state index in [9.17, 15) is 5.26 Å². The fourth-order valence-corrected chi connectivity index (χ4v) is 2.45. The predicted molar refractivity (Wildman–Crippen MR) is 70.3 cm³/mol. The van der Waals surface area contributed by atoms with Gasteiger partial charge in [-0.15, -0.1) is 0 Å². The molecule has 0 aromatic rings. The Balaban J connectivity index is 0.00000106. The molecule has 0 aromatic heterocycles. The van der Waals surface area contributed by atoms with Crippen LogP contribution in [0.1, 0.15) is 59.8 Å². The lowest BCUT2D eigenvalue weighted by Crippen LogP contribution is -2.35. The number of hydrogen-bond donors (Lipinski definition) is 0. The summed E-state index contributed by atoms with van der Waals surface area (Å²) in [4.78, 5) is 2.43. The Morgan fingerprint density at radius 1 is 1.19 bits per heavy atom. The fraction of sp³-hybridized carbons (Fsp3) is 0.929. The lowest BCUT2D eigenvalue weighted by atomic mass is 9.87. The van der Waals surface area contributed by atoms with Crippen molar-refractivity contribution in [2.75, 3.05) is 19.6 Å². The van der Waals surface area contributed by atoms with E-state index in [-0.39, 0.29) is 5.41 Å². The molecule has 1 aliphatic carbocycles. The second-order valence-electron chi connectivity index (χ2n) is 4.47. The van der Waals surface area contributed by atoms with Crippen LogP contribution in [0.4, 0.5) is 0 Å². The van der Waals surface area contributed by atoms with Gasteiger partial charge in [-0.1, -0.05) is 40.5 Å². The lowest BCUT2D eigenvalue weighted by molar-refractivity contribution is 0.202. The molecule has 0 aliphatic heterocycles. The third-order valence-corrected chi connectivity index (χ3v) is 3.31. The highest BCUT2D eigenvalue weighted by Gasteiger charge is 2.35. The molecule has 0 spiro atoms.